The highest BCUT2D eigenvalue weighted by Gasteiger charge is 2.21. The SMILES string of the molecule is CCCCc1c(CF)n(-c2ccccc2)c(=O)n1Cc1ccc(-c2ccccc2C(=O)O)cc1. The molecule has 0 spiro atoms. The van der Waals surface area contributed by atoms with Crippen LogP contribution in [0.15, 0.2) is 83.7 Å². The van der Waals surface area contributed by atoms with Crippen molar-refractivity contribution in [3.63, 3.8) is 0 Å². The van der Waals surface area contributed by atoms with Gasteiger partial charge in [0.1, 0.15) is 6.67 Å². The standard InChI is InChI=1S/C28H27FN2O3/c1-2-3-13-25-26(18-29)31(22-9-5-4-6-10-22)28(34)30(25)19-20-14-16-21(17-15-20)23-11-7-8-12-24(23)27(32)33/h4-12,14-17H,2-3,13,18-19H2,1H3,(H,32,33). The van der Waals surface area contributed by atoms with E-state index in [-0.39, 0.29) is 11.3 Å². The maximum atomic E-state index is 14.2. The van der Waals surface area contributed by atoms with Crippen molar-refractivity contribution in [2.45, 2.75) is 39.4 Å². The van der Waals surface area contributed by atoms with Crippen molar-refractivity contribution in [3.05, 3.63) is 112 Å². The molecule has 0 fully saturated rings. The highest BCUT2D eigenvalue weighted by Crippen LogP contribution is 2.25. The second-order valence-electron chi connectivity index (χ2n) is 8.22. The van der Waals surface area contributed by atoms with E-state index in [1.165, 1.54) is 4.57 Å². The molecule has 0 atom stereocenters. The molecule has 1 aromatic heterocycles. The average molecular weight is 459 g/mol. The molecule has 5 nitrogen and oxygen atoms in total. The van der Waals surface area contributed by atoms with Crippen LogP contribution in [0.25, 0.3) is 16.8 Å². The number of benzene rings is 3. The van der Waals surface area contributed by atoms with Crippen LogP contribution in [0.4, 0.5) is 4.39 Å². The number of para-hydroxylation sites is 1. The number of imidazole rings is 1. The predicted octanol–water partition coefficient (Wildman–Crippen LogP) is 5.86. The van der Waals surface area contributed by atoms with Crippen molar-refractivity contribution >= 4 is 5.97 Å². The molecule has 0 aliphatic rings. The van der Waals surface area contributed by atoms with Gasteiger partial charge in [-0.25, -0.2) is 14.0 Å². The van der Waals surface area contributed by atoms with E-state index in [0.717, 1.165) is 29.7 Å². The second kappa shape index (κ2) is 10.3. The fraction of sp³-hybridized carbons (Fsp3) is 0.214. The van der Waals surface area contributed by atoms with Crippen molar-refractivity contribution in [1.29, 1.82) is 0 Å². The normalized spacial score (nSPS) is 11.0. The van der Waals surface area contributed by atoms with Crippen molar-refractivity contribution in [1.82, 2.24) is 9.13 Å². The van der Waals surface area contributed by atoms with E-state index in [2.05, 4.69) is 6.92 Å². The maximum absolute atomic E-state index is 14.2. The topological polar surface area (TPSA) is 64.2 Å². The van der Waals surface area contributed by atoms with Crippen molar-refractivity contribution in [3.8, 4) is 16.8 Å². The Morgan fingerprint density at radius 1 is 0.912 bits per heavy atom. The molecule has 6 heteroatoms. The summed E-state index contributed by atoms with van der Waals surface area (Å²) in [4.78, 5) is 25.0. The summed E-state index contributed by atoms with van der Waals surface area (Å²) in [5, 5.41) is 9.48. The van der Waals surface area contributed by atoms with Gasteiger partial charge in [-0.1, -0.05) is 74.0 Å². The smallest absolute Gasteiger partial charge is 0.336 e. The summed E-state index contributed by atoms with van der Waals surface area (Å²) >= 11 is 0. The van der Waals surface area contributed by atoms with Crippen LogP contribution < -0.4 is 5.69 Å². The first kappa shape index (κ1) is 23.2. The van der Waals surface area contributed by atoms with E-state index >= 15 is 0 Å². The number of aromatic nitrogens is 2. The minimum absolute atomic E-state index is 0.237. The Kier molecular flexibility index (Phi) is 7.07. The van der Waals surface area contributed by atoms with Crippen LogP contribution in [-0.4, -0.2) is 20.2 Å². The number of carboxylic acids is 1. The van der Waals surface area contributed by atoms with Crippen LogP contribution in [-0.2, 0) is 19.6 Å². The Morgan fingerprint density at radius 2 is 1.59 bits per heavy atom. The average Bonchev–Trinajstić information content (AvgIpc) is 3.13. The lowest BCUT2D eigenvalue weighted by atomic mass is 9.99. The highest BCUT2D eigenvalue weighted by molar-refractivity contribution is 5.95. The predicted molar refractivity (Wildman–Crippen MR) is 131 cm³/mol. The molecule has 0 radical (unpaired) electrons. The lowest BCUT2D eigenvalue weighted by Crippen LogP contribution is -2.25. The number of hydrogen-bond donors (Lipinski definition) is 1. The summed E-state index contributed by atoms with van der Waals surface area (Å²) in [5.74, 6) is -0.979. The Balaban J connectivity index is 1.73. The molecule has 1 heterocycles. The molecular formula is C28H27FN2O3. The van der Waals surface area contributed by atoms with E-state index < -0.39 is 12.6 Å². The Bertz CT molecular complexity index is 1340. The van der Waals surface area contributed by atoms with Crippen LogP contribution in [0.1, 0.15) is 47.1 Å². The summed E-state index contributed by atoms with van der Waals surface area (Å²) in [5.41, 5.74) is 4.05. The Hall–Kier alpha value is -3.93. The number of halogens is 1. The van der Waals surface area contributed by atoms with Crippen LogP contribution in [0.5, 0.6) is 0 Å². The first-order chi connectivity index (χ1) is 16.5. The molecule has 4 rings (SSSR count). The third-order valence-electron chi connectivity index (χ3n) is 6.02. The van der Waals surface area contributed by atoms with Crippen molar-refractivity contribution in [2.75, 3.05) is 0 Å². The molecule has 0 unspecified atom stereocenters. The molecular weight excluding hydrogens is 431 g/mol. The summed E-state index contributed by atoms with van der Waals surface area (Å²) < 4.78 is 17.4. The number of rotatable bonds is 9. The minimum atomic E-state index is -0.979. The first-order valence-corrected chi connectivity index (χ1v) is 11.4. The number of nitrogens with zero attached hydrogens (tertiary/aromatic N) is 2. The monoisotopic (exact) mass is 458 g/mol. The van der Waals surface area contributed by atoms with Crippen molar-refractivity contribution < 1.29 is 14.3 Å². The molecule has 0 saturated heterocycles. The lowest BCUT2D eigenvalue weighted by Gasteiger charge is -2.10. The number of aromatic carboxylic acids is 1. The molecule has 34 heavy (non-hydrogen) atoms. The summed E-state index contributed by atoms with van der Waals surface area (Å²) in [7, 11) is 0. The zero-order valence-electron chi connectivity index (χ0n) is 19.1. The third-order valence-corrected chi connectivity index (χ3v) is 6.02. The van der Waals surface area contributed by atoms with Gasteiger partial charge in [0, 0.05) is 5.69 Å². The van der Waals surface area contributed by atoms with Gasteiger partial charge in [-0.05, 0) is 47.7 Å². The molecule has 0 bridgehead atoms. The Labute approximate surface area is 197 Å². The van der Waals surface area contributed by atoms with Gasteiger partial charge in [-0.3, -0.25) is 9.13 Å². The number of carbonyl (C=O) groups is 1. The van der Waals surface area contributed by atoms with Crippen LogP contribution in [0.2, 0.25) is 0 Å². The largest absolute Gasteiger partial charge is 0.478 e. The zero-order valence-corrected chi connectivity index (χ0v) is 19.1. The summed E-state index contributed by atoms with van der Waals surface area (Å²) in [6, 6.07) is 23.5. The first-order valence-electron chi connectivity index (χ1n) is 11.4. The van der Waals surface area contributed by atoms with E-state index in [4.69, 9.17) is 0 Å². The highest BCUT2D eigenvalue weighted by atomic mass is 19.1. The minimum Gasteiger partial charge on any atom is -0.478 e. The van der Waals surface area contributed by atoms with Gasteiger partial charge in [0.05, 0.1) is 23.5 Å². The molecule has 4 aromatic rings. The van der Waals surface area contributed by atoms with Gasteiger partial charge < -0.3 is 5.11 Å². The summed E-state index contributed by atoms with van der Waals surface area (Å²) in [6.07, 6.45) is 2.42. The van der Waals surface area contributed by atoms with Crippen LogP contribution in [0.3, 0.4) is 0 Å². The van der Waals surface area contributed by atoms with Gasteiger partial charge >= 0.3 is 11.7 Å². The lowest BCUT2D eigenvalue weighted by molar-refractivity contribution is 0.0697. The third kappa shape index (κ3) is 4.57. The van der Waals surface area contributed by atoms with E-state index in [9.17, 15) is 19.1 Å². The van der Waals surface area contributed by atoms with E-state index in [1.54, 1.807) is 28.8 Å². The molecule has 0 amide bonds. The number of hydrogen-bond acceptors (Lipinski definition) is 2. The fourth-order valence-corrected chi connectivity index (χ4v) is 4.30. The molecule has 0 saturated carbocycles. The Morgan fingerprint density at radius 3 is 2.24 bits per heavy atom. The number of unbranched alkanes of at least 4 members (excludes halogenated alkanes) is 1. The number of alkyl halides is 1. The molecule has 3 aromatic carbocycles. The van der Waals surface area contributed by atoms with Crippen LogP contribution in [0, 0.1) is 0 Å². The summed E-state index contributed by atoms with van der Waals surface area (Å²) in [6.45, 7) is 1.66. The maximum Gasteiger partial charge on any atom is 0.336 e. The molecule has 0 aliphatic heterocycles. The van der Waals surface area contributed by atoms with Gasteiger partial charge in [0.25, 0.3) is 0 Å². The molecule has 174 valence electrons. The molecule has 1 N–H and O–H groups in total. The molecule has 0 aliphatic carbocycles. The van der Waals surface area contributed by atoms with Gasteiger partial charge in [0.2, 0.25) is 0 Å². The second-order valence-corrected chi connectivity index (χ2v) is 8.22. The van der Waals surface area contributed by atoms with Crippen LogP contribution >= 0.6 is 0 Å². The van der Waals surface area contributed by atoms with Gasteiger partial charge in [0.15, 0.2) is 0 Å². The zero-order chi connectivity index (χ0) is 24.1. The van der Waals surface area contributed by atoms with E-state index in [1.807, 2.05) is 54.6 Å². The van der Waals surface area contributed by atoms with Gasteiger partial charge in [-0.15, -0.1) is 0 Å². The quantitative estimate of drug-likeness (QED) is 0.341. The van der Waals surface area contributed by atoms with Crippen molar-refractivity contribution in [2.24, 2.45) is 0 Å². The van der Waals surface area contributed by atoms with Gasteiger partial charge in [-0.2, -0.15) is 0 Å². The number of carboxylic acid groups (broad SMARTS) is 1. The fourth-order valence-electron chi connectivity index (χ4n) is 4.30. The van der Waals surface area contributed by atoms with E-state index in [0.29, 0.717) is 29.9 Å².